The standard InChI is InChI=1S/C22H25N3O3S/c1-16-12-13-17(2)21(14-16)25(29(27,28)24(3)4)15-22(26)23-20-11-7-9-18-8-5-6-10-19(18)20/h5-14H,15H2,1-4H3,(H,23,26). The van der Waals surface area contributed by atoms with E-state index in [4.69, 9.17) is 0 Å². The van der Waals surface area contributed by atoms with E-state index in [1.807, 2.05) is 68.4 Å². The molecular weight excluding hydrogens is 386 g/mol. The Labute approximate surface area is 171 Å². The first-order chi connectivity index (χ1) is 13.7. The van der Waals surface area contributed by atoms with E-state index >= 15 is 0 Å². The molecule has 0 saturated heterocycles. The van der Waals surface area contributed by atoms with Gasteiger partial charge in [0, 0.05) is 25.2 Å². The van der Waals surface area contributed by atoms with Gasteiger partial charge in [0.2, 0.25) is 5.91 Å². The van der Waals surface area contributed by atoms with Crippen LogP contribution in [0.1, 0.15) is 11.1 Å². The molecule has 0 aliphatic carbocycles. The van der Waals surface area contributed by atoms with Crippen molar-refractivity contribution in [2.45, 2.75) is 13.8 Å². The molecule has 0 atom stereocenters. The summed E-state index contributed by atoms with van der Waals surface area (Å²) in [4.78, 5) is 12.9. The summed E-state index contributed by atoms with van der Waals surface area (Å²) in [7, 11) is -0.946. The number of carbonyl (C=O) groups excluding carboxylic acids is 1. The highest BCUT2D eigenvalue weighted by Crippen LogP contribution is 2.26. The second-order valence-corrected chi connectivity index (χ2v) is 9.23. The van der Waals surface area contributed by atoms with Crippen molar-refractivity contribution >= 4 is 38.3 Å². The number of hydrogen-bond donors (Lipinski definition) is 1. The molecule has 152 valence electrons. The van der Waals surface area contributed by atoms with E-state index in [9.17, 15) is 13.2 Å². The summed E-state index contributed by atoms with van der Waals surface area (Å²) < 4.78 is 28.2. The van der Waals surface area contributed by atoms with Crippen LogP contribution in [0.3, 0.4) is 0 Å². The van der Waals surface area contributed by atoms with Crippen LogP contribution in [-0.2, 0) is 15.0 Å². The van der Waals surface area contributed by atoms with E-state index in [1.165, 1.54) is 14.1 Å². The van der Waals surface area contributed by atoms with Crippen molar-refractivity contribution in [3.63, 3.8) is 0 Å². The zero-order valence-electron chi connectivity index (χ0n) is 17.0. The molecule has 7 heteroatoms. The minimum Gasteiger partial charge on any atom is -0.324 e. The molecule has 3 rings (SSSR count). The molecule has 0 aliphatic heterocycles. The van der Waals surface area contributed by atoms with Crippen molar-refractivity contribution in [1.82, 2.24) is 4.31 Å². The fraction of sp³-hybridized carbons (Fsp3) is 0.227. The van der Waals surface area contributed by atoms with Gasteiger partial charge in [-0.15, -0.1) is 0 Å². The van der Waals surface area contributed by atoms with Crippen molar-refractivity contribution in [1.29, 1.82) is 0 Å². The lowest BCUT2D eigenvalue weighted by atomic mass is 10.1. The summed E-state index contributed by atoms with van der Waals surface area (Å²) in [5, 5.41) is 4.76. The van der Waals surface area contributed by atoms with Gasteiger partial charge in [-0.25, -0.2) is 4.31 Å². The van der Waals surface area contributed by atoms with Gasteiger partial charge in [0.25, 0.3) is 0 Å². The predicted molar refractivity (Wildman–Crippen MR) is 118 cm³/mol. The van der Waals surface area contributed by atoms with Crippen molar-refractivity contribution in [2.75, 3.05) is 30.3 Å². The molecule has 0 aliphatic rings. The van der Waals surface area contributed by atoms with Gasteiger partial charge in [0.05, 0.1) is 5.69 Å². The maximum atomic E-state index is 13.0. The molecule has 0 unspecified atom stereocenters. The monoisotopic (exact) mass is 411 g/mol. The zero-order valence-corrected chi connectivity index (χ0v) is 17.8. The number of nitrogens with one attached hydrogen (secondary N) is 1. The number of nitrogens with zero attached hydrogens (tertiary/aromatic N) is 2. The fourth-order valence-electron chi connectivity index (χ4n) is 3.13. The van der Waals surface area contributed by atoms with Crippen LogP contribution in [0.15, 0.2) is 60.7 Å². The maximum absolute atomic E-state index is 13.0. The van der Waals surface area contributed by atoms with Gasteiger partial charge in [0.1, 0.15) is 6.54 Å². The summed E-state index contributed by atoms with van der Waals surface area (Å²) in [6, 6.07) is 18.9. The van der Waals surface area contributed by atoms with Crippen LogP contribution in [0.5, 0.6) is 0 Å². The van der Waals surface area contributed by atoms with Crippen molar-refractivity contribution in [3.05, 3.63) is 71.8 Å². The topological polar surface area (TPSA) is 69.7 Å². The maximum Gasteiger partial charge on any atom is 0.304 e. The highest BCUT2D eigenvalue weighted by molar-refractivity contribution is 7.90. The Morgan fingerprint density at radius 3 is 2.38 bits per heavy atom. The van der Waals surface area contributed by atoms with Gasteiger partial charge in [0.15, 0.2) is 0 Å². The predicted octanol–water partition coefficient (Wildman–Crippen LogP) is 3.71. The summed E-state index contributed by atoms with van der Waals surface area (Å²) in [6.45, 7) is 3.39. The average molecular weight is 412 g/mol. The van der Waals surface area contributed by atoms with E-state index in [0.717, 1.165) is 30.5 Å². The number of hydrogen-bond acceptors (Lipinski definition) is 3. The summed E-state index contributed by atoms with van der Waals surface area (Å²) in [6.07, 6.45) is 0. The van der Waals surface area contributed by atoms with Crippen LogP contribution in [0, 0.1) is 13.8 Å². The van der Waals surface area contributed by atoms with E-state index in [1.54, 1.807) is 6.07 Å². The lowest BCUT2D eigenvalue weighted by Crippen LogP contribution is -2.44. The van der Waals surface area contributed by atoms with Crippen molar-refractivity contribution in [3.8, 4) is 0 Å². The van der Waals surface area contributed by atoms with Crippen molar-refractivity contribution < 1.29 is 13.2 Å². The minimum absolute atomic E-state index is 0.325. The third kappa shape index (κ3) is 4.41. The van der Waals surface area contributed by atoms with Gasteiger partial charge in [-0.3, -0.25) is 4.79 Å². The molecule has 1 N–H and O–H groups in total. The lowest BCUT2D eigenvalue weighted by molar-refractivity contribution is -0.114. The molecule has 1 amide bonds. The Morgan fingerprint density at radius 1 is 0.966 bits per heavy atom. The second-order valence-electron chi connectivity index (χ2n) is 7.16. The quantitative estimate of drug-likeness (QED) is 0.672. The largest absolute Gasteiger partial charge is 0.324 e. The van der Waals surface area contributed by atoms with Gasteiger partial charge in [-0.2, -0.15) is 12.7 Å². The molecule has 0 radical (unpaired) electrons. The third-order valence-corrected chi connectivity index (χ3v) is 6.53. The second kappa shape index (κ2) is 8.23. The van der Waals surface area contributed by atoms with Gasteiger partial charge in [-0.1, -0.05) is 48.5 Å². The normalized spacial score (nSPS) is 11.6. The SMILES string of the molecule is Cc1ccc(C)c(N(CC(=O)Nc2cccc3ccccc23)S(=O)(=O)N(C)C)c1. The number of rotatable bonds is 6. The summed E-state index contributed by atoms with van der Waals surface area (Å²) in [5.74, 6) is -0.410. The molecule has 0 fully saturated rings. The third-order valence-electron chi connectivity index (χ3n) is 4.72. The molecule has 0 bridgehead atoms. The molecule has 29 heavy (non-hydrogen) atoms. The number of carbonyl (C=O) groups is 1. The van der Waals surface area contributed by atoms with E-state index < -0.39 is 16.1 Å². The Kier molecular flexibility index (Phi) is 5.91. The van der Waals surface area contributed by atoms with Crippen LogP contribution in [0.25, 0.3) is 10.8 Å². The number of anilines is 2. The molecule has 3 aromatic carbocycles. The van der Waals surface area contributed by atoms with E-state index in [2.05, 4.69) is 5.32 Å². The van der Waals surface area contributed by atoms with Crippen molar-refractivity contribution in [2.24, 2.45) is 0 Å². The molecule has 0 spiro atoms. The minimum atomic E-state index is -3.86. The average Bonchev–Trinajstić information content (AvgIpc) is 2.68. The van der Waals surface area contributed by atoms with E-state index in [-0.39, 0.29) is 6.54 Å². The fourth-order valence-corrected chi connectivity index (χ4v) is 4.25. The Bertz CT molecular complexity index is 1150. The Morgan fingerprint density at radius 2 is 1.66 bits per heavy atom. The first-order valence-electron chi connectivity index (χ1n) is 9.25. The summed E-state index contributed by atoms with van der Waals surface area (Å²) >= 11 is 0. The molecule has 0 aromatic heterocycles. The van der Waals surface area contributed by atoms with Crippen LogP contribution in [0.4, 0.5) is 11.4 Å². The molecule has 0 heterocycles. The van der Waals surface area contributed by atoms with Crippen LogP contribution >= 0.6 is 0 Å². The smallest absolute Gasteiger partial charge is 0.304 e. The highest BCUT2D eigenvalue weighted by Gasteiger charge is 2.28. The number of fused-ring (bicyclic) bond motifs is 1. The highest BCUT2D eigenvalue weighted by atomic mass is 32.2. The van der Waals surface area contributed by atoms with Crippen LogP contribution in [-0.4, -0.2) is 39.3 Å². The van der Waals surface area contributed by atoms with Crippen LogP contribution < -0.4 is 9.62 Å². The molecule has 3 aromatic rings. The molecular formula is C22H25N3O3S. The summed E-state index contributed by atoms with van der Waals surface area (Å²) in [5.41, 5.74) is 2.83. The Hall–Kier alpha value is -2.90. The molecule has 0 saturated carbocycles. The number of benzene rings is 3. The zero-order chi connectivity index (χ0) is 21.2. The van der Waals surface area contributed by atoms with Gasteiger partial charge < -0.3 is 5.32 Å². The first kappa shape index (κ1) is 20.8. The Balaban J connectivity index is 1.95. The first-order valence-corrected chi connectivity index (χ1v) is 10.6. The number of aryl methyl sites for hydroxylation is 2. The van der Waals surface area contributed by atoms with Crippen LogP contribution in [0.2, 0.25) is 0 Å². The van der Waals surface area contributed by atoms with E-state index in [0.29, 0.717) is 11.4 Å². The lowest BCUT2D eigenvalue weighted by Gasteiger charge is -2.28. The molecule has 6 nitrogen and oxygen atoms in total. The van der Waals surface area contributed by atoms with Gasteiger partial charge in [-0.05, 0) is 42.5 Å². The number of amides is 1. The van der Waals surface area contributed by atoms with Gasteiger partial charge >= 0.3 is 10.2 Å².